The Kier molecular flexibility index (Phi) is 7.90. The molecular weight excluding hydrogens is 523 g/mol. The standard InChI is InChI=1S/C29H29FN2O4S2/c1-36-17-4-15-31(38(34,35)25-12-9-21-5-2-3-6-23(21)19-25)20-28(33)32-16-13-27-26(14-18-37-27)29(32)22-7-10-24(30)11-8-22/h2-3,5-12,14,18-19,29H,4,13,15-17,20H2,1H3/t29-/m0/s1. The van der Waals surface area contributed by atoms with Gasteiger partial charge in [0.2, 0.25) is 15.9 Å². The molecule has 0 saturated heterocycles. The van der Waals surface area contributed by atoms with Crippen LogP contribution in [-0.4, -0.2) is 56.9 Å². The van der Waals surface area contributed by atoms with Crippen molar-refractivity contribution in [2.75, 3.05) is 33.4 Å². The smallest absolute Gasteiger partial charge is 0.243 e. The number of methoxy groups -OCH3 is 1. The number of hydrogen-bond acceptors (Lipinski definition) is 5. The molecule has 0 radical (unpaired) electrons. The maximum absolute atomic E-state index is 13.8. The lowest BCUT2D eigenvalue weighted by molar-refractivity contribution is -0.133. The van der Waals surface area contributed by atoms with Gasteiger partial charge in [-0.3, -0.25) is 4.79 Å². The van der Waals surface area contributed by atoms with Crippen LogP contribution in [0.5, 0.6) is 0 Å². The minimum absolute atomic E-state index is 0.146. The Morgan fingerprint density at radius 3 is 2.61 bits per heavy atom. The molecule has 5 rings (SSSR count). The summed E-state index contributed by atoms with van der Waals surface area (Å²) in [5.41, 5.74) is 1.80. The monoisotopic (exact) mass is 552 g/mol. The lowest BCUT2D eigenvalue weighted by atomic mass is 9.93. The molecule has 0 fully saturated rings. The molecular formula is C29H29FN2O4S2. The number of carbonyl (C=O) groups is 1. The normalized spacial score (nSPS) is 15.7. The van der Waals surface area contributed by atoms with Gasteiger partial charge >= 0.3 is 0 Å². The van der Waals surface area contributed by atoms with Crippen LogP contribution < -0.4 is 0 Å². The van der Waals surface area contributed by atoms with Gasteiger partial charge in [0.25, 0.3) is 0 Å². The second kappa shape index (κ2) is 11.3. The SMILES string of the molecule is COCCCN(CC(=O)N1CCc2sccc2[C@@H]1c1ccc(F)cc1)S(=O)(=O)c1ccc2ccccc2c1. The fourth-order valence-electron chi connectivity index (χ4n) is 4.98. The summed E-state index contributed by atoms with van der Waals surface area (Å²) < 4.78 is 47.7. The quantitative estimate of drug-likeness (QED) is 0.266. The van der Waals surface area contributed by atoms with E-state index >= 15 is 0 Å². The molecule has 3 aromatic carbocycles. The Morgan fingerprint density at radius 2 is 1.84 bits per heavy atom. The number of benzene rings is 3. The Balaban J connectivity index is 1.46. The summed E-state index contributed by atoms with van der Waals surface area (Å²) >= 11 is 1.64. The molecule has 0 spiro atoms. The van der Waals surface area contributed by atoms with E-state index in [2.05, 4.69) is 0 Å². The summed E-state index contributed by atoms with van der Waals surface area (Å²) in [5.74, 6) is -0.642. The van der Waals surface area contributed by atoms with E-state index in [4.69, 9.17) is 4.74 Å². The van der Waals surface area contributed by atoms with Crippen LogP contribution in [0.2, 0.25) is 0 Å². The van der Waals surface area contributed by atoms with Crippen LogP contribution >= 0.6 is 11.3 Å². The molecule has 1 aliphatic rings. The lowest BCUT2D eigenvalue weighted by Gasteiger charge is -2.37. The van der Waals surface area contributed by atoms with E-state index < -0.39 is 16.1 Å². The molecule has 1 aliphatic heterocycles. The Morgan fingerprint density at radius 1 is 1.08 bits per heavy atom. The highest BCUT2D eigenvalue weighted by molar-refractivity contribution is 7.89. The number of nitrogens with zero attached hydrogens (tertiary/aromatic N) is 2. The van der Waals surface area contributed by atoms with E-state index in [1.165, 1.54) is 21.3 Å². The van der Waals surface area contributed by atoms with Gasteiger partial charge in [-0.25, -0.2) is 12.8 Å². The lowest BCUT2D eigenvalue weighted by Crippen LogP contribution is -2.47. The number of carbonyl (C=O) groups excluding carboxylic acids is 1. The summed E-state index contributed by atoms with van der Waals surface area (Å²) in [7, 11) is -2.40. The molecule has 38 heavy (non-hydrogen) atoms. The summed E-state index contributed by atoms with van der Waals surface area (Å²) in [6, 6.07) is 20.3. The Labute approximate surface area is 226 Å². The number of rotatable bonds is 9. The Bertz CT molecular complexity index is 1540. The van der Waals surface area contributed by atoms with Crippen molar-refractivity contribution < 1.29 is 22.3 Å². The second-order valence-corrected chi connectivity index (χ2v) is 12.2. The molecule has 1 aromatic heterocycles. The van der Waals surface area contributed by atoms with Gasteiger partial charge in [0.1, 0.15) is 5.82 Å². The topological polar surface area (TPSA) is 66.9 Å². The molecule has 6 nitrogen and oxygen atoms in total. The molecule has 0 saturated carbocycles. The van der Waals surface area contributed by atoms with E-state index in [9.17, 15) is 17.6 Å². The highest BCUT2D eigenvalue weighted by atomic mass is 32.2. The highest BCUT2D eigenvalue weighted by Crippen LogP contribution is 2.38. The molecule has 1 amide bonds. The molecule has 2 heterocycles. The maximum atomic E-state index is 13.8. The van der Waals surface area contributed by atoms with Crippen molar-refractivity contribution in [1.82, 2.24) is 9.21 Å². The van der Waals surface area contributed by atoms with E-state index in [1.54, 1.807) is 53.7 Å². The molecule has 0 bridgehead atoms. The van der Waals surface area contributed by atoms with E-state index in [0.717, 1.165) is 21.9 Å². The van der Waals surface area contributed by atoms with E-state index in [1.807, 2.05) is 35.7 Å². The van der Waals surface area contributed by atoms with Gasteiger partial charge < -0.3 is 9.64 Å². The van der Waals surface area contributed by atoms with Crippen molar-refractivity contribution in [3.63, 3.8) is 0 Å². The van der Waals surface area contributed by atoms with Crippen molar-refractivity contribution in [3.8, 4) is 0 Å². The van der Waals surface area contributed by atoms with Gasteiger partial charge in [0.05, 0.1) is 17.5 Å². The summed E-state index contributed by atoms with van der Waals surface area (Å²) in [6.07, 6.45) is 1.14. The third-order valence-electron chi connectivity index (χ3n) is 6.90. The van der Waals surface area contributed by atoms with Crippen molar-refractivity contribution in [2.45, 2.75) is 23.8 Å². The van der Waals surface area contributed by atoms with Crippen LogP contribution in [0.1, 0.15) is 28.5 Å². The number of fused-ring (bicyclic) bond motifs is 2. The number of thiophene rings is 1. The third-order valence-corrected chi connectivity index (χ3v) is 9.74. The first-order chi connectivity index (χ1) is 18.4. The molecule has 4 aromatic rings. The number of sulfonamides is 1. The number of halogens is 1. The van der Waals surface area contributed by atoms with E-state index in [-0.39, 0.29) is 29.7 Å². The van der Waals surface area contributed by atoms with Crippen LogP contribution in [-0.2, 0) is 26.0 Å². The highest BCUT2D eigenvalue weighted by Gasteiger charge is 2.35. The zero-order chi connectivity index (χ0) is 26.7. The molecule has 0 unspecified atom stereocenters. The van der Waals surface area contributed by atoms with Crippen LogP contribution in [0.15, 0.2) is 83.1 Å². The average Bonchev–Trinajstić information content (AvgIpc) is 3.41. The predicted molar refractivity (Wildman–Crippen MR) is 147 cm³/mol. The van der Waals surface area contributed by atoms with Gasteiger partial charge in [-0.1, -0.05) is 42.5 Å². The van der Waals surface area contributed by atoms with Crippen LogP contribution in [0, 0.1) is 5.82 Å². The second-order valence-electron chi connectivity index (χ2n) is 9.28. The number of hydrogen-bond donors (Lipinski definition) is 0. The van der Waals surface area contributed by atoms with Gasteiger partial charge in [0, 0.05) is 31.7 Å². The van der Waals surface area contributed by atoms with Gasteiger partial charge in [-0.15, -0.1) is 11.3 Å². The van der Waals surface area contributed by atoms with Crippen molar-refractivity contribution in [3.05, 3.63) is 100.0 Å². The van der Waals surface area contributed by atoms with Crippen LogP contribution in [0.25, 0.3) is 10.8 Å². The maximum Gasteiger partial charge on any atom is 0.243 e. The summed E-state index contributed by atoms with van der Waals surface area (Å²) in [5, 5.41) is 3.75. The fourth-order valence-corrected chi connectivity index (χ4v) is 7.35. The average molecular weight is 553 g/mol. The number of ether oxygens (including phenoxy) is 1. The van der Waals surface area contributed by atoms with Crippen molar-refractivity contribution in [1.29, 1.82) is 0 Å². The van der Waals surface area contributed by atoms with Crippen LogP contribution in [0.3, 0.4) is 0 Å². The van der Waals surface area contributed by atoms with Gasteiger partial charge in [-0.2, -0.15) is 4.31 Å². The predicted octanol–water partition coefficient (Wildman–Crippen LogP) is 5.24. The minimum Gasteiger partial charge on any atom is -0.385 e. The first-order valence-corrected chi connectivity index (χ1v) is 14.8. The molecule has 198 valence electrons. The largest absolute Gasteiger partial charge is 0.385 e. The van der Waals surface area contributed by atoms with Gasteiger partial charge in [0.15, 0.2) is 0 Å². The van der Waals surface area contributed by atoms with Crippen molar-refractivity contribution in [2.24, 2.45) is 0 Å². The zero-order valence-electron chi connectivity index (χ0n) is 21.0. The molecule has 1 atom stereocenters. The fraction of sp³-hybridized carbons (Fsp3) is 0.276. The van der Waals surface area contributed by atoms with Crippen molar-refractivity contribution >= 4 is 38.0 Å². The molecule has 9 heteroatoms. The van der Waals surface area contributed by atoms with Crippen LogP contribution in [0.4, 0.5) is 4.39 Å². The first kappa shape index (κ1) is 26.5. The summed E-state index contributed by atoms with van der Waals surface area (Å²) in [6.45, 7) is 0.679. The Hall–Kier alpha value is -3.11. The molecule has 0 N–H and O–H groups in total. The third kappa shape index (κ3) is 5.37. The first-order valence-electron chi connectivity index (χ1n) is 12.5. The van der Waals surface area contributed by atoms with Gasteiger partial charge in [-0.05, 0) is 70.5 Å². The van der Waals surface area contributed by atoms with E-state index in [0.29, 0.717) is 26.0 Å². The summed E-state index contributed by atoms with van der Waals surface area (Å²) in [4.78, 5) is 16.9. The minimum atomic E-state index is -3.96. The molecule has 0 aliphatic carbocycles. The zero-order valence-corrected chi connectivity index (χ0v) is 22.7. The number of amides is 1.